The molecular formula is C25H34N2O4. The Bertz CT molecular complexity index is 792. The van der Waals surface area contributed by atoms with Gasteiger partial charge >= 0.3 is 0 Å². The van der Waals surface area contributed by atoms with Gasteiger partial charge < -0.3 is 15.8 Å². The summed E-state index contributed by atoms with van der Waals surface area (Å²) in [5, 5.41) is 3.05. The van der Waals surface area contributed by atoms with Crippen LogP contribution in [0, 0.1) is 29.6 Å². The first-order chi connectivity index (χ1) is 15.1. The maximum Gasteiger partial charge on any atom is 0.241 e. The van der Waals surface area contributed by atoms with Crippen LogP contribution in [0.3, 0.4) is 0 Å². The molecule has 6 aliphatic rings. The van der Waals surface area contributed by atoms with Gasteiger partial charge in [-0.2, -0.15) is 9.78 Å². The zero-order valence-electron chi connectivity index (χ0n) is 18.1. The molecular weight excluding hydrogens is 392 g/mol. The highest BCUT2D eigenvalue weighted by Gasteiger charge is 2.66. The molecule has 6 heteroatoms. The molecule has 4 bridgehead atoms. The quantitative estimate of drug-likeness (QED) is 0.715. The molecule has 2 spiro atoms. The molecule has 168 valence electrons. The molecule has 7 rings (SSSR count). The van der Waals surface area contributed by atoms with Gasteiger partial charge in [-0.1, -0.05) is 30.3 Å². The molecule has 0 aromatic heterocycles. The van der Waals surface area contributed by atoms with Gasteiger partial charge in [0, 0.05) is 31.2 Å². The monoisotopic (exact) mass is 426 g/mol. The fraction of sp³-hybridized carbons (Fsp3) is 0.720. The topological polar surface area (TPSA) is 82.8 Å². The summed E-state index contributed by atoms with van der Waals surface area (Å²) in [5.41, 5.74) is 6.96. The van der Waals surface area contributed by atoms with Crippen LogP contribution in [0.4, 0.5) is 0 Å². The van der Waals surface area contributed by atoms with E-state index in [9.17, 15) is 4.79 Å². The van der Waals surface area contributed by atoms with Crippen molar-refractivity contribution >= 4 is 5.91 Å². The zero-order chi connectivity index (χ0) is 21.1. The molecule has 1 aromatic carbocycles. The molecule has 1 heterocycles. The number of ether oxygens (including phenoxy) is 1. The summed E-state index contributed by atoms with van der Waals surface area (Å²) in [7, 11) is 0. The Labute approximate surface area is 184 Å². The highest BCUT2D eigenvalue weighted by molar-refractivity contribution is 5.82. The van der Waals surface area contributed by atoms with Crippen LogP contribution in [-0.2, 0) is 19.3 Å². The minimum absolute atomic E-state index is 0.115. The molecule has 6 fully saturated rings. The van der Waals surface area contributed by atoms with Crippen LogP contribution in [0.5, 0.6) is 0 Å². The SMILES string of the molecule is N[C@H](C(=O)NCC1CCC2(CC1)OOC1(O2)C2CC3CC(C2)CC1C3)c1ccccc1. The van der Waals surface area contributed by atoms with Crippen molar-refractivity contribution in [2.45, 2.75) is 75.4 Å². The van der Waals surface area contributed by atoms with Crippen molar-refractivity contribution in [2.24, 2.45) is 35.3 Å². The molecule has 1 atom stereocenters. The van der Waals surface area contributed by atoms with Gasteiger partial charge in [-0.15, -0.1) is 0 Å². The maximum absolute atomic E-state index is 12.5. The second-order valence-corrected chi connectivity index (χ2v) is 10.8. The van der Waals surface area contributed by atoms with E-state index in [1.165, 1.54) is 32.1 Å². The molecule has 0 unspecified atom stereocenters. The molecule has 1 amide bonds. The van der Waals surface area contributed by atoms with Crippen LogP contribution in [0.15, 0.2) is 30.3 Å². The van der Waals surface area contributed by atoms with E-state index in [1.807, 2.05) is 30.3 Å². The van der Waals surface area contributed by atoms with Crippen molar-refractivity contribution in [1.29, 1.82) is 0 Å². The van der Waals surface area contributed by atoms with Crippen LogP contribution in [-0.4, -0.2) is 24.0 Å². The van der Waals surface area contributed by atoms with Gasteiger partial charge in [0.25, 0.3) is 0 Å². The summed E-state index contributed by atoms with van der Waals surface area (Å²) in [6.07, 6.45) is 9.94. The van der Waals surface area contributed by atoms with Gasteiger partial charge in [0.1, 0.15) is 6.04 Å². The molecule has 31 heavy (non-hydrogen) atoms. The zero-order valence-corrected chi connectivity index (χ0v) is 18.1. The lowest BCUT2D eigenvalue weighted by atomic mass is 9.53. The smallest absolute Gasteiger partial charge is 0.241 e. The summed E-state index contributed by atoms with van der Waals surface area (Å²) >= 11 is 0. The summed E-state index contributed by atoms with van der Waals surface area (Å²) in [6, 6.07) is 8.90. The molecule has 0 radical (unpaired) electrons. The Hall–Kier alpha value is -1.47. The van der Waals surface area contributed by atoms with Gasteiger partial charge in [-0.3, -0.25) is 4.79 Å². The Morgan fingerprint density at radius 3 is 2.29 bits per heavy atom. The highest BCUT2D eigenvalue weighted by atomic mass is 17.3. The van der Waals surface area contributed by atoms with Crippen LogP contribution in [0.1, 0.15) is 69.4 Å². The van der Waals surface area contributed by atoms with E-state index in [0.717, 1.165) is 43.1 Å². The fourth-order valence-corrected chi connectivity index (χ4v) is 7.28. The van der Waals surface area contributed by atoms with Gasteiger partial charge in [0.2, 0.25) is 17.5 Å². The Kier molecular flexibility index (Phi) is 4.91. The lowest BCUT2D eigenvalue weighted by Gasteiger charge is -2.57. The molecule has 5 aliphatic carbocycles. The van der Waals surface area contributed by atoms with Crippen molar-refractivity contribution in [3.05, 3.63) is 35.9 Å². The first kappa shape index (κ1) is 20.2. The number of hydrogen-bond acceptors (Lipinski definition) is 5. The summed E-state index contributed by atoms with van der Waals surface area (Å²) in [6.45, 7) is 0.649. The van der Waals surface area contributed by atoms with Crippen molar-refractivity contribution in [3.63, 3.8) is 0 Å². The number of rotatable bonds is 4. The minimum atomic E-state index is -0.622. The van der Waals surface area contributed by atoms with E-state index >= 15 is 0 Å². The second kappa shape index (κ2) is 7.55. The molecule has 1 aromatic rings. The first-order valence-electron chi connectivity index (χ1n) is 12.2. The van der Waals surface area contributed by atoms with Gasteiger partial charge in [-0.05, 0) is 68.3 Å². The summed E-state index contributed by atoms with van der Waals surface area (Å²) in [5.74, 6) is 1.97. The van der Waals surface area contributed by atoms with Crippen molar-refractivity contribution < 1.29 is 19.3 Å². The van der Waals surface area contributed by atoms with E-state index in [-0.39, 0.29) is 5.91 Å². The molecule has 6 nitrogen and oxygen atoms in total. The van der Waals surface area contributed by atoms with E-state index < -0.39 is 17.6 Å². The lowest BCUT2D eigenvalue weighted by molar-refractivity contribution is -0.390. The number of benzene rings is 1. The number of hydrogen-bond donors (Lipinski definition) is 2. The lowest BCUT2D eigenvalue weighted by Crippen LogP contribution is -2.59. The number of amides is 1. The molecule has 3 N–H and O–H groups in total. The Morgan fingerprint density at radius 1 is 1.00 bits per heavy atom. The average Bonchev–Trinajstić information content (AvgIpc) is 3.16. The van der Waals surface area contributed by atoms with Crippen LogP contribution < -0.4 is 11.1 Å². The average molecular weight is 427 g/mol. The Balaban J connectivity index is 1.03. The number of nitrogens with one attached hydrogen (secondary N) is 1. The van der Waals surface area contributed by atoms with E-state index in [2.05, 4.69) is 5.32 Å². The predicted molar refractivity (Wildman–Crippen MR) is 114 cm³/mol. The fourth-order valence-electron chi connectivity index (χ4n) is 7.28. The first-order valence-corrected chi connectivity index (χ1v) is 12.2. The van der Waals surface area contributed by atoms with Crippen molar-refractivity contribution in [2.75, 3.05) is 6.54 Å². The number of carbonyl (C=O) groups is 1. The maximum atomic E-state index is 12.5. The molecule has 5 saturated carbocycles. The van der Waals surface area contributed by atoms with Gasteiger partial charge in [-0.25, -0.2) is 0 Å². The van der Waals surface area contributed by atoms with Gasteiger partial charge in [0.15, 0.2) is 0 Å². The second-order valence-electron chi connectivity index (χ2n) is 10.8. The van der Waals surface area contributed by atoms with E-state index in [0.29, 0.717) is 24.3 Å². The van der Waals surface area contributed by atoms with Crippen LogP contribution >= 0.6 is 0 Å². The third kappa shape index (κ3) is 3.43. The summed E-state index contributed by atoms with van der Waals surface area (Å²) < 4.78 is 6.77. The number of carbonyl (C=O) groups excluding carboxylic acids is 1. The third-order valence-electron chi connectivity index (χ3n) is 8.82. The van der Waals surface area contributed by atoms with Crippen molar-refractivity contribution in [1.82, 2.24) is 5.32 Å². The molecule has 1 aliphatic heterocycles. The van der Waals surface area contributed by atoms with Gasteiger partial charge in [0.05, 0.1) is 0 Å². The third-order valence-corrected chi connectivity index (χ3v) is 8.82. The predicted octanol–water partition coefficient (Wildman–Crippen LogP) is 3.82. The van der Waals surface area contributed by atoms with E-state index in [4.69, 9.17) is 20.2 Å². The van der Waals surface area contributed by atoms with Crippen molar-refractivity contribution in [3.8, 4) is 0 Å². The Morgan fingerprint density at radius 2 is 1.65 bits per heavy atom. The molecule has 1 saturated heterocycles. The van der Waals surface area contributed by atoms with E-state index in [1.54, 1.807) is 0 Å². The normalized spacial score (nSPS) is 44.1. The largest absolute Gasteiger partial charge is 0.354 e. The van der Waals surface area contributed by atoms with Crippen LogP contribution in [0.25, 0.3) is 0 Å². The summed E-state index contributed by atoms with van der Waals surface area (Å²) in [4.78, 5) is 24.6. The van der Waals surface area contributed by atoms with Crippen LogP contribution in [0.2, 0.25) is 0 Å². The number of nitrogens with two attached hydrogens (primary N) is 1. The standard InChI is InChI=1S/C25H34N2O4/c26-22(19-4-2-1-3-5-19)23(28)27-15-16-6-8-24(9-7-16)29-25(31-30-24)20-11-17-10-18(13-20)14-21(25)12-17/h1-5,16-18,20-22H,6-15,26H2,(H,27,28)/t16?,17?,18?,20?,21?,22-,24?,25?/m0/s1. The minimum Gasteiger partial charge on any atom is -0.354 e. The highest BCUT2D eigenvalue weighted by Crippen LogP contribution is 2.63.